The van der Waals surface area contributed by atoms with Gasteiger partial charge in [0.15, 0.2) is 0 Å². The number of halogens is 3. The molecule has 0 spiro atoms. The highest BCUT2D eigenvalue weighted by molar-refractivity contribution is 5.66. The zero-order valence-corrected chi connectivity index (χ0v) is 14.0. The summed E-state index contributed by atoms with van der Waals surface area (Å²) in [5.41, 5.74) is 13.1. The number of nitrogens with two attached hydrogens (primary N) is 2. The van der Waals surface area contributed by atoms with E-state index in [9.17, 15) is 13.2 Å². The number of nitrogens with one attached hydrogen (secondary N) is 1. The van der Waals surface area contributed by atoms with Crippen LogP contribution in [0.3, 0.4) is 0 Å². The summed E-state index contributed by atoms with van der Waals surface area (Å²) in [5, 5.41) is 3.09. The maximum Gasteiger partial charge on any atom is 0.135 e. The first-order valence-electron chi connectivity index (χ1n) is 8.07. The molecule has 132 valence electrons. The van der Waals surface area contributed by atoms with Crippen LogP contribution >= 0.6 is 0 Å². The van der Waals surface area contributed by atoms with Crippen LogP contribution in [0.2, 0.25) is 0 Å². The molecule has 0 saturated carbocycles. The maximum atomic E-state index is 13.9. The lowest BCUT2D eigenvalue weighted by atomic mass is 9.84. The zero-order valence-electron chi connectivity index (χ0n) is 14.0. The number of hydrogen-bond acceptors (Lipinski definition) is 3. The molecule has 0 aliphatic heterocycles. The minimum atomic E-state index is -0.980. The number of benzene rings is 1. The van der Waals surface area contributed by atoms with Gasteiger partial charge in [0.1, 0.15) is 17.8 Å². The van der Waals surface area contributed by atoms with E-state index in [1.54, 1.807) is 0 Å². The van der Waals surface area contributed by atoms with Gasteiger partial charge in [-0.2, -0.15) is 0 Å². The van der Waals surface area contributed by atoms with Crippen molar-refractivity contribution in [2.24, 2.45) is 17.4 Å². The van der Waals surface area contributed by atoms with Gasteiger partial charge >= 0.3 is 0 Å². The van der Waals surface area contributed by atoms with E-state index in [2.05, 4.69) is 5.32 Å². The van der Waals surface area contributed by atoms with Crippen molar-refractivity contribution < 1.29 is 13.2 Å². The minimum Gasteiger partial charge on any atom is -0.401 e. The summed E-state index contributed by atoms with van der Waals surface area (Å²) in [5.74, 6) is -1.13. The highest BCUT2D eigenvalue weighted by Gasteiger charge is 2.25. The Balaban J connectivity index is 2.32. The summed E-state index contributed by atoms with van der Waals surface area (Å²) in [7, 11) is 0. The van der Waals surface area contributed by atoms with Crippen molar-refractivity contribution in [2.75, 3.05) is 6.54 Å². The Morgan fingerprint density at radius 1 is 1.38 bits per heavy atom. The summed E-state index contributed by atoms with van der Waals surface area (Å²) in [4.78, 5) is 0. The molecule has 0 saturated heterocycles. The molecule has 0 fully saturated rings. The Hall–Kier alpha value is -1.95. The molecule has 1 aromatic carbocycles. The largest absolute Gasteiger partial charge is 0.401 e. The van der Waals surface area contributed by atoms with E-state index in [0.29, 0.717) is 18.0 Å². The molecule has 0 amide bonds. The second kappa shape index (κ2) is 7.75. The van der Waals surface area contributed by atoms with Crippen LogP contribution in [-0.2, 0) is 0 Å². The van der Waals surface area contributed by atoms with Gasteiger partial charge in [0.25, 0.3) is 0 Å². The lowest BCUT2D eigenvalue weighted by Gasteiger charge is -2.30. The van der Waals surface area contributed by atoms with Gasteiger partial charge < -0.3 is 16.8 Å². The third kappa shape index (κ3) is 4.32. The van der Waals surface area contributed by atoms with E-state index in [-0.39, 0.29) is 23.8 Å². The van der Waals surface area contributed by atoms with E-state index in [1.165, 1.54) is 19.1 Å². The summed E-state index contributed by atoms with van der Waals surface area (Å²) < 4.78 is 40.8. The first-order valence-corrected chi connectivity index (χ1v) is 8.07. The average molecular weight is 339 g/mol. The quantitative estimate of drug-likeness (QED) is 0.772. The fourth-order valence-electron chi connectivity index (χ4n) is 3.00. The van der Waals surface area contributed by atoms with Crippen molar-refractivity contribution in [3.05, 3.63) is 52.7 Å². The lowest BCUT2D eigenvalue weighted by Crippen LogP contribution is -2.41. The first-order chi connectivity index (χ1) is 11.3. The average Bonchev–Trinajstić information content (AvgIpc) is 2.48. The van der Waals surface area contributed by atoms with E-state index in [0.717, 1.165) is 24.1 Å². The zero-order chi connectivity index (χ0) is 17.9. The summed E-state index contributed by atoms with van der Waals surface area (Å²) in [6, 6.07) is 3.44. The van der Waals surface area contributed by atoms with E-state index in [1.807, 2.05) is 6.92 Å². The van der Waals surface area contributed by atoms with Crippen molar-refractivity contribution in [3.63, 3.8) is 0 Å². The molecule has 1 aliphatic carbocycles. The van der Waals surface area contributed by atoms with Crippen molar-refractivity contribution >= 4 is 5.70 Å². The van der Waals surface area contributed by atoms with Gasteiger partial charge in [-0.05, 0) is 49.5 Å². The third-order valence-corrected chi connectivity index (χ3v) is 4.18. The fraction of sp³-hybridized carbons (Fsp3) is 0.444. The highest BCUT2D eigenvalue weighted by atomic mass is 19.1. The van der Waals surface area contributed by atoms with Gasteiger partial charge in [-0.15, -0.1) is 0 Å². The number of rotatable bonds is 5. The van der Waals surface area contributed by atoms with Crippen molar-refractivity contribution in [1.29, 1.82) is 0 Å². The van der Waals surface area contributed by atoms with E-state index < -0.39 is 17.8 Å². The van der Waals surface area contributed by atoms with Gasteiger partial charge in [0, 0.05) is 24.0 Å². The number of allylic oxidation sites excluding steroid dienone is 2. The van der Waals surface area contributed by atoms with Gasteiger partial charge in [0.2, 0.25) is 0 Å². The lowest BCUT2D eigenvalue weighted by molar-refractivity contribution is 0.316. The summed E-state index contributed by atoms with van der Waals surface area (Å²) >= 11 is 0. The van der Waals surface area contributed by atoms with Crippen molar-refractivity contribution in [2.45, 2.75) is 38.9 Å². The highest BCUT2D eigenvalue weighted by Crippen LogP contribution is 2.30. The predicted octanol–water partition coefficient (Wildman–Crippen LogP) is 3.22. The Labute approximate surface area is 140 Å². The smallest absolute Gasteiger partial charge is 0.135 e. The topological polar surface area (TPSA) is 64.1 Å². The first kappa shape index (κ1) is 18.4. The van der Waals surface area contributed by atoms with Crippen LogP contribution in [0, 0.1) is 17.6 Å². The fourth-order valence-corrected chi connectivity index (χ4v) is 3.00. The molecule has 0 aromatic heterocycles. The molecule has 3 atom stereocenters. The molecular formula is C18H24F3N3. The SMILES string of the molecule is CC(F)CNC1CC(C)CC(/C=C(\N)c2c(F)cccc2F)=C1N. The van der Waals surface area contributed by atoms with Gasteiger partial charge in [-0.3, -0.25) is 0 Å². The maximum absolute atomic E-state index is 13.9. The Kier molecular flexibility index (Phi) is 5.94. The molecule has 3 unspecified atom stereocenters. The number of alkyl halides is 1. The van der Waals surface area contributed by atoms with Crippen LogP contribution < -0.4 is 16.8 Å². The molecule has 0 radical (unpaired) electrons. The normalized spacial score (nSPS) is 23.5. The predicted molar refractivity (Wildman–Crippen MR) is 90.5 cm³/mol. The van der Waals surface area contributed by atoms with Crippen LogP contribution in [0.5, 0.6) is 0 Å². The Bertz CT molecular complexity index is 633. The Morgan fingerprint density at radius 2 is 2.00 bits per heavy atom. The van der Waals surface area contributed by atoms with Crippen LogP contribution in [0.1, 0.15) is 32.3 Å². The molecule has 6 heteroatoms. The molecule has 1 aliphatic rings. The van der Waals surface area contributed by atoms with Crippen LogP contribution in [0.4, 0.5) is 13.2 Å². The number of hydrogen-bond donors (Lipinski definition) is 3. The van der Waals surface area contributed by atoms with E-state index in [4.69, 9.17) is 11.5 Å². The standard InChI is InChI=1S/C18H24F3N3/c1-10-6-12(18(23)16(7-10)24-9-11(2)19)8-15(22)17-13(20)4-3-5-14(17)21/h3-5,8,10-11,16,24H,6-7,9,22-23H2,1-2H3/b15-8-. The van der Waals surface area contributed by atoms with E-state index >= 15 is 0 Å². The van der Waals surface area contributed by atoms with Crippen LogP contribution in [0.15, 0.2) is 35.5 Å². The molecule has 2 rings (SSSR count). The molecule has 5 N–H and O–H groups in total. The molecule has 3 nitrogen and oxygen atoms in total. The van der Waals surface area contributed by atoms with Gasteiger partial charge in [0.05, 0.1) is 5.56 Å². The second-order valence-electron chi connectivity index (χ2n) is 6.46. The summed E-state index contributed by atoms with van der Waals surface area (Å²) in [6.07, 6.45) is 1.99. The van der Waals surface area contributed by atoms with Crippen LogP contribution in [-0.4, -0.2) is 18.8 Å². The van der Waals surface area contributed by atoms with Crippen molar-refractivity contribution in [3.8, 4) is 0 Å². The van der Waals surface area contributed by atoms with Gasteiger partial charge in [-0.1, -0.05) is 13.0 Å². The minimum absolute atomic E-state index is 0.00439. The monoisotopic (exact) mass is 339 g/mol. The third-order valence-electron chi connectivity index (χ3n) is 4.18. The molecule has 0 heterocycles. The molecular weight excluding hydrogens is 315 g/mol. The Morgan fingerprint density at radius 3 is 2.58 bits per heavy atom. The van der Waals surface area contributed by atoms with Gasteiger partial charge in [-0.25, -0.2) is 13.2 Å². The molecule has 1 aromatic rings. The van der Waals surface area contributed by atoms with Crippen LogP contribution in [0.25, 0.3) is 5.70 Å². The van der Waals surface area contributed by atoms with Crippen molar-refractivity contribution in [1.82, 2.24) is 5.32 Å². The summed E-state index contributed by atoms with van der Waals surface area (Å²) in [6.45, 7) is 3.72. The molecule has 0 bridgehead atoms. The second-order valence-corrected chi connectivity index (χ2v) is 6.46. The molecule has 24 heavy (non-hydrogen) atoms.